The van der Waals surface area contributed by atoms with Crippen molar-refractivity contribution in [2.45, 2.75) is 55.8 Å². The largest absolute Gasteiger partial charge is 0.416 e. The number of hydrogen-bond acceptors (Lipinski definition) is 5. The number of benzene rings is 4. The average Bonchev–Trinajstić information content (AvgIpc) is 3.32. The lowest BCUT2D eigenvalue weighted by atomic mass is 9.98. The number of pyridine rings is 1. The molecule has 5 aromatic rings. The molecule has 6 rings (SSSR count). The van der Waals surface area contributed by atoms with Gasteiger partial charge in [-0.2, -0.15) is 13.2 Å². The lowest BCUT2D eigenvalue weighted by molar-refractivity contribution is -0.138. The van der Waals surface area contributed by atoms with E-state index >= 15 is 9.18 Å². The zero-order valence-electron chi connectivity index (χ0n) is 51.2. The zero-order chi connectivity index (χ0) is 58.6. The predicted octanol–water partition coefficient (Wildman–Crippen LogP) is 8.71. The molecule has 278 valence electrons. The minimum atomic E-state index is -5.28. The summed E-state index contributed by atoms with van der Waals surface area (Å²) < 4.78 is 282. The number of piperidine rings is 1. The first-order valence-corrected chi connectivity index (χ1v) is 16.2. The SMILES string of the molecule is [2H]c1c([2H])c(F)c(F)c(C([2H])([2H])Sc2c([2H])c(=O)c3c([2H])c([2H])c([2H])c([2H])c3n2CC(=O)N(C2CCN(C([2H])([2H])COC([2H])([2H])[2H])CC2)C([2H])([2H])c2c([2H])c([2H])c(-c3c([2H])c([2H])c(C(F)(F)F)c(C)c3[2H])c([2H])c2[2H])c1[2H]. The Labute approximate surface area is 342 Å². The molecule has 0 unspecified atom stereocenters. The summed E-state index contributed by atoms with van der Waals surface area (Å²) in [6.07, 6.45) is -6.31. The number of methoxy groups -OCH3 is 1. The summed E-state index contributed by atoms with van der Waals surface area (Å²) in [6.45, 7) is -9.09. The number of hydrogen-bond donors (Lipinski definition) is 0. The van der Waals surface area contributed by atoms with Gasteiger partial charge in [0.25, 0.3) is 0 Å². The number of likely N-dealkylation sites (tertiary alicyclic amines) is 1. The maximum atomic E-state index is 15.6. The van der Waals surface area contributed by atoms with Crippen molar-refractivity contribution in [2.24, 2.45) is 0 Å². The highest BCUT2D eigenvalue weighted by Gasteiger charge is 2.32. The Morgan fingerprint density at radius 3 is 2.47 bits per heavy atom. The molecular formula is C41H40F5N3O3S. The molecule has 53 heavy (non-hydrogen) atoms. The van der Waals surface area contributed by atoms with Gasteiger partial charge in [0.1, 0.15) is 6.54 Å². The van der Waals surface area contributed by atoms with E-state index in [2.05, 4.69) is 4.74 Å². The standard InChI is InChI=1S/C41H40F5N3O3S/c1-27-22-30(14-15-34(27)41(44,45)46)29-12-10-28(11-13-29)24-48(32-16-18-47(19-17-32)20-21-52-2)38(51)25-49-36-9-4-3-7-33(36)37(50)23-39(49)53-26-31-6-5-8-35(42)40(31)43/h3-15,22-23,32H,16-21,24-26H2,1-2H3/i2D3,3D,4D,5D,6D,7D,8D,9D,10D,11D,12D,13D,14D,15D,20D2,22D,23D,24D2,26D2. The van der Waals surface area contributed by atoms with Crippen molar-refractivity contribution in [3.8, 4) is 11.1 Å². The number of thioether (sulfide) groups is 1. The quantitative estimate of drug-likeness (QED) is 0.0939. The number of para-hydroxylation sites is 1. The summed E-state index contributed by atoms with van der Waals surface area (Å²) in [6, 6.07) is -21.0. The summed E-state index contributed by atoms with van der Waals surface area (Å²) in [7, 11) is -3.06. The second-order valence-electron chi connectivity index (χ2n) is 11.2. The van der Waals surface area contributed by atoms with E-state index in [4.69, 9.17) is 30.2 Å². The van der Waals surface area contributed by atoms with Crippen LogP contribution in [-0.2, 0) is 34.5 Å². The van der Waals surface area contributed by atoms with Gasteiger partial charge in [0.15, 0.2) is 17.1 Å². The van der Waals surface area contributed by atoms with Gasteiger partial charge in [0.2, 0.25) is 5.91 Å². The first-order valence-electron chi connectivity index (χ1n) is 27.4. The second-order valence-corrected chi connectivity index (χ2v) is 12.0. The first-order chi connectivity index (χ1) is 35.1. The number of aromatic nitrogens is 1. The Balaban J connectivity index is 1.63. The van der Waals surface area contributed by atoms with Crippen LogP contribution in [0.1, 0.15) is 68.0 Å². The van der Waals surface area contributed by atoms with Crippen molar-refractivity contribution in [3.63, 3.8) is 0 Å². The Kier molecular flexibility index (Phi) is 5.72. The molecule has 1 saturated heterocycles. The van der Waals surface area contributed by atoms with Crippen molar-refractivity contribution in [3.05, 3.63) is 135 Å². The zero-order valence-corrected chi connectivity index (χ0v) is 28.0. The minimum Gasteiger partial charge on any atom is -0.383 e. The number of fused-ring (bicyclic) bond motifs is 1. The van der Waals surface area contributed by atoms with Crippen LogP contribution in [0.15, 0.2) is 100 Å². The van der Waals surface area contributed by atoms with Gasteiger partial charge in [-0.15, -0.1) is 11.8 Å². The molecule has 2 heterocycles. The minimum absolute atomic E-state index is 0.275. The number of amides is 1. The maximum Gasteiger partial charge on any atom is 0.416 e. The number of nitrogens with zero attached hydrogens (tertiary/aromatic N) is 3. The van der Waals surface area contributed by atoms with E-state index in [1.807, 2.05) is 0 Å². The van der Waals surface area contributed by atoms with Gasteiger partial charge < -0.3 is 19.1 Å². The third-order valence-electron chi connectivity index (χ3n) is 7.79. The van der Waals surface area contributed by atoms with Crippen LogP contribution in [-0.4, -0.2) is 59.5 Å². The fraction of sp³-hybridized carbons (Fsp3) is 0.317. The van der Waals surface area contributed by atoms with Gasteiger partial charge in [-0.25, -0.2) is 8.78 Å². The molecular weight excluding hydrogens is 710 g/mol. The normalized spacial score (nSPS) is 21.7. The van der Waals surface area contributed by atoms with Crippen LogP contribution in [0, 0.1) is 18.6 Å². The van der Waals surface area contributed by atoms with Crippen LogP contribution < -0.4 is 5.43 Å². The molecule has 0 bridgehead atoms. The van der Waals surface area contributed by atoms with Crippen LogP contribution >= 0.6 is 11.8 Å². The summed E-state index contributed by atoms with van der Waals surface area (Å²) in [5.74, 6) is -5.91. The molecule has 0 atom stereocenters. The van der Waals surface area contributed by atoms with E-state index in [1.165, 1.54) is 0 Å². The van der Waals surface area contributed by atoms with Crippen molar-refractivity contribution >= 4 is 28.6 Å². The maximum absolute atomic E-state index is 15.6. The molecule has 0 radical (unpaired) electrons. The van der Waals surface area contributed by atoms with Gasteiger partial charge in [0, 0.05) is 67.3 Å². The molecule has 0 spiro atoms. The van der Waals surface area contributed by atoms with Crippen molar-refractivity contribution in [1.82, 2.24) is 14.4 Å². The summed E-state index contributed by atoms with van der Waals surface area (Å²) >= 11 is -0.421. The third kappa shape index (κ3) is 9.00. The van der Waals surface area contributed by atoms with Gasteiger partial charge in [-0.3, -0.25) is 9.59 Å². The van der Waals surface area contributed by atoms with Gasteiger partial charge >= 0.3 is 6.18 Å². The monoisotopic (exact) mass is 773 g/mol. The van der Waals surface area contributed by atoms with Crippen LogP contribution in [0.4, 0.5) is 22.0 Å². The molecule has 1 fully saturated rings. The Morgan fingerprint density at radius 2 is 1.74 bits per heavy atom. The highest BCUT2D eigenvalue weighted by atomic mass is 32.2. The fourth-order valence-electron chi connectivity index (χ4n) is 5.27. The van der Waals surface area contributed by atoms with Crippen molar-refractivity contribution in [1.29, 1.82) is 0 Å². The molecule has 0 aliphatic carbocycles. The molecule has 1 aliphatic rings. The Hall–Kier alpha value is -4.52. The fourth-order valence-corrected chi connectivity index (χ4v) is 6.02. The van der Waals surface area contributed by atoms with Crippen molar-refractivity contribution in [2.75, 3.05) is 33.2 Å². The van der Waals surface area contributed by atoms with Crippen molar-refractivity contribution < 1.29 is 64.4 Å². The van der Waals surface area contributed by atoms with Crippen LogP contribution in [0.25, 0.3) is 22.0 Å². The van der Waals surface area contributed by atoms with E-state index < -0.39 is 252 Å². The van der Waals surface area contributed by atoms with Crippen LogP contribution in [0.5, 0.6) is 0 Å². The lowest BCUT2D eigenvalue weighted by Crippen LogP contribution is -2.48. The smallest absolute Gasteiger partial charge is 0.383 e. The number of alkyl halides is 3. The first kappa shape index (κ1) is 18.2. The van der Waals surface area contributed by atoms with E-state index in [9.17, 15) is 25.1 Å². The van der Waals surface area contributed by atoms with E-state index in [0.29, 0.717) is 4.57 Å². The molecule has 0 saturated carbocycles. The molecule has 6 nitrogen and oxygen atoms in total. The summed E-state index contributed by atoms with van der Waals surface area (Å²) in [5, 5.41) is -2.17. The Bertz CT molecular complexity index is 3260. The number of carbonyl (C=O) groups is 1. The average molecular weight is 774 g/mol. The molecule has 12 heteroatoms. The topological polar surface area (TPSA) is 54.8 Å². The molecule has 1 amide bonds. The van der Waals surface area contributed by atoms with E-state index in [-0.39, 0.29) is 4.90 Å². The van der Waals surface area contributed by atoms with Crippen LogP contribution in [0.3, 0.4) is 0 Å². The number of ether oxygens (including phenoxy) is 1. The third-order valence-corrected chi connectivity index (χ3v) is 8.62. The van der Waals surface area contributed by atoms with Gasteiger partial charge in [-0.1, -0.05) is 60.4 Å². The molecule has 1 aromatic heterocycles. The number of carbonyl (C=O) groups excluding carboxylic acids is 1. The molecule has 0 N–H and O–H groups in total. The van der Waals surface area contributed by atoms with Gasteiger partial charge in [0.05, 0.1) is 50.1 Å². The lowest BCUT2D eigenvalue weighted by Gasteiger charge is -2.39. The number of rotatable bonds is 12. The summed E-state index contributed by atoms with van der Waals surface area (Å²) in [5.41, 5.74) is -13.7. The molecule has 4 aromatic carbocycles. The second kappa shape index (κ2) is 16.7. The number of halogens is 5. The highest BCUT2D eigenvalue weighted by molar-refractivity contribution is 7.98. The van der Waals surface area contributed by atoms with Gasteiger partial charge in [-0.05, 0) is 66.2 Å². The Morgan fingerprint density at radius 1 is 1.00 bits per heavy atom. The molecule has 1 aliphatic heterocycles. The predicted molar refractivity (Wildman–Crippen MR) is 198 cm³/mol. The van der Waals surface area contributed by atoms with E-state index in [1.54, 1.807) is 0 Å². The summed E-state index contributed by atoms with van der Waals surface area (Å²) in [4.78, 5) is 30.7. The van der Waals surface area contributed by atoms with E-state index in [0.717, 1.165) is 11.8 Å². The van der Waals surface area contributed by atoms with Crippen LogP contribution in [0.2, 0.25) is 0 Å². The highest BCUT2D eigenvalue weighted by Crippen LogP contribution is 2.34.